The molecule has 2 aromatic heterocycles. The van der Waals surface area contributed by atoms with Crippen LogP contribution < -0.4 is 5.73 Å². The Kier molecular flexibility index (Phi) is 2.63. The van der Waals surface area contributed by atoms with Gasteiger partial charge in [-0.1, -0.05) is 19.8 Å². The Morgan fingerprint density at radius 2 is 2.22 bits per heavy atom. The number of aromatic nitrogens is 3. The second-order valence-corrected chi connectivity index (χ2v) is 5.73. The minimum absolute atomic E-state index is 0.0487. The van der Waals surface area contributed by atoms with Crippen LogP contribution in [0.5, 0.6) is 0 Å². The van der Waals surface area contributed by atoms with E-state index in [1.165, 1.54) is 18.4 Å². The van der Waals surface area contributed by atoms with Gasteiger partial charge >= 0.3 is 0 Å². The van der Waals surface area contributed by atoms with Crippen LogP contribution in [0.4, 0.5) is 0 Å². The molecule has 1 saturated carbocycles. The quantitative estimate of drug-likeness (QED) is 0.836. The molecule has 0 aromatic carbocycles. The number of rotatable bonds is 1. The fourth-order valence-electron chi connectivity index (χ4n) is 3.02. The molecule has 0 saturated heterocycles. The number of pyridine rings is 1. The summed E-state index contributed by atoms with van der Waals surface area (Å²) in [5, 5.41) is 8.71. The number of fused-ring (bicyclic) bond motifs is 1. The molecule has 0 bridgehead atoms. The Labute approximate surface area is 107 Å². The zero-order valence-corrected chi connectivity index (χ0v) is 11.1. The van der Waals surface area contributed by atoms with E-state index >= 15 is 0 Å². The Bertz CT molecular complexity index is 574. The summed E-state index contributed by atoms with van der Waals surface area (Å²) in [6, 6.07) is 4.34. The summed E-state index contributed by atoms with van der Waals surface area (Å²) >= 11 is 0. The van der Waals surface area contributed by atoms with Crippen molar-refractivity contribution in [2.75, 3.05) is 0 Å². The van der Waals surface area contributed by atoms with Crippen LogP contribution in [0.3, 0.4) is 0 Å². The van der Waals surface area contributed by atoms with E-state index in [2.05, 4.69) is 46.8 Å². The monoisotopic (exact) mass is 244 g/mol. The summed E-state index contributed by atoms with van der Waals surface area (Å²) in [5.74, 6) is 1.02. The van der Waals surface area contributed by atoms with Gasteiger partial charge in [-0.3, -0.25) is 4.40 Å². The molecular formula is C14H20N4. The number of aryl methyl sites for hydroxylation is 1. The molecule has 0 radical (unpaired) electrons. The van der Waals surface area contributed by atoms with Crippen molar-refractivity contribution in [3.05, 3.63) is 29.7 Å². The topological polar surface area (TPSA) is 56.2 Å². The van der Waals surface area contributed by atoms with E-state index < -0.39 is 0 Å². The van der Waals surface area contributed by atoms with Crippen molar-refractivity contribution in [1.29, 1.82) is 0 Å². The Balaban J connectivity index is 2.13. The Morgan fingerprint density at radius 1 is 1.39 bits per heavy atom. The second-order valence-electron chi connectivity index (χ2n) is 5.73. The average molecular weight is 244 g/mol. The van der Waals surface area contributed by atoms with E-state index in [0.29, 0.717) is 0 Å². The van der Waals surface area contributed by atoms with Gasteiger partial charge < -0.3 is 5.73 Å². The van der Waals surface area contributed by atoms with Gasteiger partial charge in [0.15, 0.2) is 5.65 Å². The number of nitrogens with zero attached hydrogens (tertiary/aromatic N) is 3. The number of hydrogen-bond acceptors (Lipinski definition) is 3. The highest BCUT2D eigenvalue weighted by atomic mass is 15.3. The molecule has 0 aliphatic heterocycles. The van der Waals surface area contributed by atoms with Gasteiger partial charge in [-0.25, -0.2) is 0 Å². The van der Waals surface area contributed by atoms with Crippen LogP contribution >= 0.6 is 0 Å². The van der Waals surface area contributed by atoms with Gasteiger partial charge in [0, 0.05) is 17.7 Å². The highest BCUT2D eigenvalue weighted by Gasteiger charge is 2.39. The lowest BCUT2D eigenvalue weighted by Gasteiger charge is -2.37. The van der Waals surface area contributed by atoms with Crippen LogP contribution in [0.1, 0.15) is 44.0 Å². The van der Waals surface area contributed by atoms with Crippen molar-refractivity contribution in [2.45, 2.75) is 51.0 Å². The van der Waals surface area contributed by atoms with Crippen LogP contribution in [-0.4, -0.2) is 20.6 Å². The molecule has 0 spiro atoms. The molecule has 18 heavy (non-hydrogen) atoms. The first kappa shape index (κ1) is 11.7. The molecule has 2 unspecified atom stereocenters. The summed E-state index contributed by atoms with van der Waals surface area (Å²) in [6.45, 7) is 4.30. The lowest BCUT2D eigenvalue weighted by Crippen LogP contribution is -2.46. The summed E-state index contributed by atoms with van der Waals surface area (Å²) in [6.07, 6.45) is 6.70. The molecule has 4 heteroatoms. The van der Waals surface area contributed by atoms with Crippen molar-refractivity contribution < 1.29 is 0 Å². The highest BCUT2D eigenvalue weighted by molar-refractivity contribution is 5.42. The van der Waals surface area contributed by atoms with Crippen LogP contribution in [0.15, 0.2) is 18.3 Å². The third kappa shape index (κ3) is 1.63. The zero-order valence-electron chi connectivity index (χ0n) is 11.1. The molecule has 2 aromatic rings. The first-order valence-corrected chi connectivity index (χ1v) is 6.69. The van der Waals surface area contributed by atoms with E-state index in [-0.39, 0.29) is 11.5 Å². The molecule has 1 fully saturated rings. The van der Waals surface area contributed by atoms with Crippen molar-refractivity contribution in [1.82, 2.24) is 14.6 Å². The van der Waals surface area contributed by atoms with E-state index in [4.69, 9.17) is 5.73 Å². The second kappa shape index (κ2) is 4.05. The van der Waals surface area contributed by atoms with Gasteiger partial charge in [0.05, 0.1) is 0 Å². The normalized spacial score (nSPS) is 28.7. The van der Waals surface area contributed by atoms with Crippen LogP contribution in [0.2, 0.25) is 0 Å². The SMILES string of the molecule is Cc1ccn2c(C3(C)CCCCC3N)nnc2c1. The summed E-state index contributed by atoms with van der Waals surface area (Å²) in [4.78, 5) is 0. The highest BCUT2D eigenvalue weighted by Crippen LogP contribution is 2.37. The smallest absolute Gasteiger partial charge is 0.161 e. The standard InChI is InChI=1S/C14H20N4/c1-10-6-8-18-12(9-10)16-17-13(18)14(2)7-4-3-5-11(14)15/h6,8-9,11H,3-5,7,15H2,1-2H3. The zero-order chi connectivity index (χ0) is 12.8. The Morgan fingerprint density at radius 3 is 3.00 bits per heavy atom. The molecule has 4 nitrogen and oxygen atoms in total. The van der Waals surface area contributed by atoms with E-state index in [9.17, 15) is 0 Å². The van der Waals surface area contributed by atoms with Crippen molar-refractivity contribution >= 4 is 5.65 Å². The lowest BCUT2D eigenvalue weighted by atomic mass is 9.71. The van der Waals surface area contributed by atoms with Crippen molar-refractivity contribution in [3.63, 3.8) is 0 Å². The molecule has 2 heterocycles. The average Bonchev–Trinajstić information content (AvgIpc) is 2.76. The maximum Gasteiger partial charge on any atom is 0.161 e. The molecule has 3 rings (SSSR count). The molecule has 1 aliphatic rings. The Hall–Kier alpha value is -1.42. The summed E-state index contributed by atoms with van der Waals surface area (Å²) in [5.41, 5.74) is 8.42. The predicted octanol–water partition coefficient (Wildman–Crippen LogP) is 2.20. The third-order valence-electron chi connectivity index (χ3n) is 4.36. The van der Waals surface area contributed by atoms with Gasteiger partial charge in [0.1, 0.15) is 5.82 Å². The van der Waals surface area contributed by atoms with Gasteiger partial charge in [-0.2, -0.15) is 0 Å². The van der Waals surface area contributed by atoms with Gasteiger partial charge in [0.2, 0.25) is 0 Å². The van der Waals surface area contributed by atoms with Crippen LogP contribution in [-0.2, 0) is 5.41 Å². The first-order valence-electron chi connectivity index (χ1n) is 6.69. The summed E-state index contributed by atoms with van der Waals surface area (Å²) < 4.78 is 2.10. The van der Waals surface area contributed by atoms with Gasteiger partial charge in [0.25, 0.3) is 0 Å². The lowest BCUT2D eigenvalue weighted by molar-refractivity contribution is 0.257. The minimum Gasteiger partial charge on any atom is -0.327 e. The van der Waals surface area contributed by atoms with Gasteiger partial charge in [-0.15, -0.1) is 10.2 Å². The molecule has 0 amide bonds. The van der Waals surface area contributed by atoms with Gasteiger partial charge in [-0.05, 0) is 37.5 Å². The van der Waals surface area contributed by atoms with E-state index in [0.717, 1.165) is 24.3 Å². The fourth-order valence-corrected chi connectivity index (χ4v) is 3.02. The third-order valence-corrected chi connectivity index (χ3v) is 4.36. The molecule has 2 atom stereocenters. The maximum absolute atomic E-state index is 6.34. The molecule has 96 valence electrons. The van der Waals surface area contributed by atoms with Crippen molar-refractivity contribution in [3.8, 4) is 0 Å². The maximum atomic E-state index is 6.34. The first-order chi connectivity index (χ1) is 8.61. The number of nitrogens with two attached hydrogens (primary N) is 1. The van der Waals surface area contributed by atoms with E-state index in [1.54, 1.807) is 0 Å². The summed E-state index contributed by atoms with van der Waals surface area (Å²) in [7, 11) is 0. The number of hydrogen-bond donors (Lipinski definition) is 1. The molecule has 1 aliphatic carbocycles. The van der Waals surface area contributed by atoms with Crippen molar-refractivity contribution in [2.24, 2.45) is 5.73 Å². The van der Waals surface area contributed by atoms with Crippen LogP contribution in [0, 0.1) is 6.92 Å². The molecular weight excluding hydrogens is 224 g/mol. The fraction of sp³-hybridized carbons (Fsp3) is 0.571. The van der Waals surface area contributed by atoms with Crippen LogP contribution in [0.25, 0.3) is 5.65 Å². The largest absolute Gasteiger partial charge is 0.327 e. The molecule has 2 N–H and O–H groups in total. The predicted molar refractivity (Wildman–Crippen MR) is 71.5 cm³/mol. The van der Waals surface area contributed by atoms with E-state index in [1.807, 2.05) is 0 Å². The minimum atomic E-state index is -0.0487.